The van der Waals surface area contributed by atoms with Crippen molar-refractivity contribution < 1.29 is 27.8 Å². The van der Waals surface area contributed by atoms with Crippen molar-refractivity contribution >= 4 is 17.5 Å². The number of rotatable bonds is 3. The summed E-state index contributed by atoms with van der Waals surface area (Å²) in [5, 5.41) is 13.3. The molecule has 0 aliphatic carbocycles. The van der Waals surface area contributed by atoms with Gasteiger partial charge in [0.2, 0.25) is 0 Å². The molecular formula is C17H20F3N5O3S. The maximum absolute atomic E-state index is 10.6. The van der Waals surface area contributed by atoms with Gasteiger partial charge in [0.25, 0.3) is 0 Å². The number of hydrogen-bond acceptors (Lipinski definition) is 8. The number of aromatic nitrogens is 4. The number of alkyl halides is 3. The molecule has 1 unspecified atom stereocenters. The Morgan fingerprint density at radius 2 is 1.97 bits per heavy atom. The third-order valence-corrected chi connectivity index (χ3v) is 5.62. The Labute approximate surface area is 168 Å². The minimum Gasteiger partial charge on any atom is -0.475 e. The van der Waals surface area contributed by atoms with Gasteiger partial charge in [0.15, 0.2) is 0 Å². The number of carbonyl (C=O) groups is 1. The van der Waals surface area contributed by atoms with E-state index in [1.54, 1.807) is 6.33 Å². The number of likely N-dealkylation sites (tertiary alicyclic amines) is 1. The zero-order chi connectivity index (χ0) is 20.9. The van der Waals surface area contributed by atoms with Crippen LogP contribution in [-0.2, 0) is 16.1 Å². The van der Waals surface area contributed by atoms with Crippen LogP contribution in [0.5, 0.6) is 0 Å². The third-order valence-electron chi connectivity index (χ3n) is 5.06. The fourth-order valence-corrected chi connectivity index (χ4v) is 3.97. The van der Waals surface area contributed by atoms with Crippen molar-refractivity contribution in [3.8, 4) is 0 Å². The summed E-state index contributed by atoms with van der Waals surface area (Å²) in [6.45, 7) is 3.83. The molecule has 0 radical (unpaired) electrons. The lowest BCUT2D eigenvalue weighted by Crippen LogP contribution is -2.43. The number of piperidine rings is 1. The molecule has 4 heterocycles. The molecule has 1 spiro atoms. The van der Waals surface area contributed by atoms with Crippen LogP contribution in [0.25, 0.3) is 0 Å². The summed E-state index contributed by atoms with van der Waals surface area (Å²) in [7, 11) is 0. The van der Waals surface area contributed by atoms with E-state index in [4.69, 9.17) is 14.6 Å². The number of ether oxygens (including phenoxy) is 1. The molecule has 2 fully saturated rings. The SMILES string of the molecule is O=C(O)C(F)(F)F.c1ncc(C2COC3(CCN(Cc4csnn4)CC3)C2)cn1. The summed E-state index contributed by atoms with van der Waals surface area (Å²) >= 11 is 1.42. The van der Waals surface area contributed by atoms with Crippen molar-refractivity contribution in [1.29, 1.82) is 0 Å². The maximum atomic E-state index is 10.6. The van der Waals surface area contributed by atoms with Gasteiger partial charge in [0.1, 0.15) is 6.33 Å². The maximum Gasteiger partial charge on any atom is 0.490 e. The molecular weight excluding hydrogens is 411 g/mol. The van der Waals surface area contributed by atoms with Gasteiger partial charge in [-0.25, -0.2) is 14.8 Å². The van der Waals surface area contributed by atoms with Gasteiger partial charge in [-0.3, -0.25) is 4.90 Å². The van der Waals surface area contributed by atoms with E-state index in [0.717, 1.165) is 51.2 Å². The van der Waals surface area contributed by atoms with Crippen molar-refractivity contribution in [2.75, 3.05) is 19.7 Å². The fraction of sp³-hybridized carbons (Fsp3) is 0.588. The van der Waals surface area contributed by atoms with Crippen LogP contribution in [0.2, 0.25) is 0 Å². The van der Waals surface area contributed by atoms with Crippen molar-refractivity contribution in [3.05, 3.63) is 35.4 Å². The van der Waals surface area contributed by atoms with Crippen LogP contribution in [-0.4, -0.2) is 67.0 Å². The van der Waals surface area contributed by atoms with E-state index in [1.165, 1.54) is 17.1 Å². The molecule has 4 rings (SSSR count). The van der Waals surface area contributed by atoms with Crippen LogP contribution >= 0.6 is 11.5 Å². The molecule has 0 saturated carbocycles. The Kier molecular flexibility index (Phi) is 6.75. The smallest absolute Gasteiger partial charge is 0.475 e. The molecule has 2 aromatic heterocycles. The lowest BCUT2D eigenvalue weighted by molar-refractivity contribution is -0.192. The van der Waals surface area contributed by atoms with Crippen molar-refractivity contribution in [1.82, 2.24) is 24.5 Å². The average Bonchev–Trinajstić information content (AvgIpc) is 3.35. The van der Waals surface area contributed by atoms with Gasteiger partial charge in [-0.15, -0.1) is 5.10 Å². The highest BCUT2D eigenvalue weighted by atomic mass is 32.1. The van der Waals surface area contributed by atoms with Gasteiger partial charge in [0.05, 0.1) is 17.9 Å². The third kappa shape index (κ3) is 5.90. The van der Waals surface area contributed by atoms with Crippen LogP contribution in [0.15, 0.2) is 24.1 Å². The Morgan fingerprint density at radius 3 is 2.52 bits per heavy atom. The molecule has 0 amide bonds. The Bertz CT molecular complexity index is 783. The predicted molar refractivity (Wildman–Crippen MR) is 96.2 cm³/mol. The topological polar surface area (TPSA) is 101 Å². The van der Waals surface area contributed by atoms with Crippen molar-refractivity contribution in [3.63, 3.8) is 0 Å². The first-order chi connectivity index (χ1) is 13.8. The van der Waals surface area contributed by atoms with Gasteiger partial charge in [-0.05, 0) is 36.4 Å². The van der Waals surface area contributed by atoms with E-state index in [1.807, 2.05) is 17.8 Å². The molecule has 2 aliphatic heterocycles. The summed E-state index contributed by atoms with van der Waals surface area (Å²) in [5.41, 5.74) is 2.33. The van der Waals surface area contributed by atoms with Crippen LogP contribution in [0.4, 0.5) is 13.2 Å². The number of aliphatic carboxylic acids is 1. The highest BCUT2D eigenvalue weighted by Gasteiger charge is 2.43. The van der Waals surface area contributed by atoms with E-state index >= 15 is 0 Å². The molecule has 8 nitrogen and oxygen atoms in total. The molecule has 2 saturated heterocycles. The fourth-order valence-electron chi connectivity index (χ4n) is 3.53. The van der Waals surface area contributed by atoms with Crippen LogP contribution in [0.1, 0.15) is 36.4 Å². The summed E-state index contributed by atoms with van der Waals surface area (Å²) < 4.78 is 41.9. The second-order valence-corrected chi connectivity index (χ2v) is 7.65. The number of halogens is 3. The first-order valence-electron chi connectivity index (χ1n) is 8.95. The zero-order valence-electron chi connectivity index (χ0n) is 15.4. The normalized spacial score (nSPS) is 21.6. The number of nitrogens with zero attached hydrogens (tertiary/aromatic N) is 5. The quantitative estimate of drug-likeness (QED) is 0.791. The van der Waals surface area contributed by atoms with Crippen LogP contribution in [0, 0.1) is 0 Å². The van der Waals surface area contributed by atoms with Gasteiger partial charge in [0, 0.05) is 43.3 Å². The van der Waals surface area contributed by atoms with E-state index in [9.17, 15) is 13.2 Å². The second-order valence-electron chi connectivity index (χ2n) is 7.04. The number of carboxylic acid groups (broad SMARTS) is 1. The number of hydrogen-bond donors (Lipinski definition) is 1. The molecule has 2 aliphatic rings. The Balaban J connectivity index is 0.000000298. The first kappa shape index (κ1) is 21.5. The number of carboxylic acids is 1. The Morgan fingerprint density at radius 1 is 1.31 bits per heavy atom. The lowest BCUT2D eigenvalue weighted by Gasteiger charge is -2.38. The van der Waals surface area contributed by atoms with Crippen LogP contribution < -0.4 is 0 Å². The van der Waals surface area contributed by atoms with E-state index in [0.29, 0.717) is 5.92 Å². The minimum absolute atomic E-state index is 0.0529. The van der Waals surface area contributed by atoms with Gasteiger partial charge < -0.3 is 9.84 Å². The van der Waals surface area contributed by atoms with Gasteiger partial charge >= 0.3 is 12.1 Å². The standard InChI is InChI=1S/C15H19N5OS.C2HF3O2/c1-3-20(8-14-10-22-19-18-14)4-2-15(1)5-12(9-21-15)13-6-16-11-17-7-13;3-2(4,5)1(6)7/h6-7,10-12H,1-5,8-9H2;(H,6,7). The largest absolute Gasteiger partial charge is 0.490 e. The van der Waals surface area contributed by atoms with E-state index in [-0.39, 0.29) is 5.60 Å². The molecule has 158 valence electrons. The molecule has 0 bridgehead atoms. The molecule has 1 atom stereocenters. The minimum atomic E-state index is -5.08. The first-order valence-corrected chi connectivity index (χ1v) is 9.78. The molecule has 29 heavy (non-hydrogen) atoms. The molecule has 2 aromatic rings. The molecule has 0 aromatic carbocycles. The highest BCUT2D eigenvalue weighted by Crippen LogP contribution is 2.42. The monoisotopic (exact) mass is 431 g/mol. The van der Waals surface area contributed by atoms with Crippen molar-refractivity contribution in [2.24, 2.45) is 0 Å². The molecule has 1 N–H and O–H groups in total. The second kappa shape index (κ2) is 9.09. The summed E-state index contributed by atoms with van der Waals surface area (Å²) in [4.78, 5) is 19.6. The van der Waals surface area contributed by atoms with Gasteiger partial charge in [-0.1, -0.05) is 4.49 Å². The van der Waals surface area contributed by atoms with Crippen molar-refractivity contribution in [2.45, 2.75) is 43.5 Å². The van der Waals surface area contributed by atoms with E-state index in [2.05, 4.69) is 24.5 Å². The van der Waals surface area contributed by atoms with E-state index < -0.39 is 12.1 Å². The summed E-state index contributed by atoms with van der Waals surface area (Å²) in [6, 6.07) is 0. The highest BCUT2D eigenvalue weighted by molar-refractivity contribution is 7.03. The van der Waals surface area contributed by atoms with Gasteiger partial charge in [-0.2, -0.15) is 13.2 Å². The summed E-state index contributed by atoms with van der Waals surface area (Å²) in [5.74, 6) is -2.32. The summed E-state index contributed by atoms with van der Waals surface area (Å²) in [6.07, 6.45) is 3.62. The Hall–Kier alpha value is -2.18. The predicted octanol–water partition coefficient (Wildman–Crippen LogP) is 2.50. The van der Waals surface area contributed by atoms with Crippen LogP contribution in [0.3, 0.4) is 0 Å². The average molecular weight is 431 g/mol. The lowest BCUT2D eigenvalue weighted by atomic mass is 9.84. The molecule has 12 heteroatoms. The zero-order valence-corrected chi connectivity index (χ0v) is 16.2.